The number of nitrogens with one attached hydrogen (secondary N) is 2. The molecule has 2 amide bonds. The first kappa shape index (κ1) is 19.6. The van der Waals surface area contributed by atoms with E-state index in [-0.39, 0.29) is 24.1 Å². The van der Waals surface area contributed by atoms with E-state index in [0.29, 0.717) is 40.0 Å². The maximum absolute atomic E-state index is 13.0. The lowest BCUT2D eigenvalue weighted by Gasteiger charge is -2.09. The molecule has 0 fully saturated rings. The fraction of sp³-hybridized carbons (Fsp3) is 0.150. The number of amides is 2. The van der Waals surface area contributed by atoms with E-state index in [2.05, 4.69) is 15.6 Å². The van der Waals surface area contributed by atoms with Crippen LogP contribution in [0.15, 0.2) is 53.1 Å². The Morgan fingerprint density at radius 3 is 2.57 bits per heavy atom. The number of anilines is 2. The zero-order chi connectivity index (χ0) is 20.1. The monoisotopic (exact) mass is 401 g/mol. The molecule has 0 saturated heterocycles. The van der Waals surface area contributed by atoms with Crippen LogP contribution in [0.2, 0.25) is 5.02 Å². The van der Waals surface area contributed by atoms with Crippen LogP contribution < -0.4 is 10.6 Å². The van der Waals surface area contributed by atoms with E-state index in [9.17, 15) is 14.0 Å². The summed E-state index contributed by atoms with van der Waals surface area (Å²) in [5.41, 5.74) is 1.69. The molecule has 0 atom stereocenters. The van der Waals surface area contributed by atoms with Gasteiger partial charge in [0.05, 0.1) is 16.9 Å². The SMILES string of the molecule is CC(=O)Nc1ccc(NC(=O)CCc2ncc(-c3ccc(F)cc3)o2)c(Cl)c1. The molecule has 0 unspecified atom stereocenters. The molecule has 3 aromatic rings. The predicted octanol–water partition coefficient (Wildman–Crippen LogP) is 4.66. The van der Waals surface area contributed by atoms with E-state index < -0.39 is 0 Å². The van der Waals surface area contributed by atoms with Crippen molar-refractivity contribution in [2.75, 3.05) is 10.6 Å². The fourth-order valence-corrected chi connectivity index (χ4v) is 2.73. The summed E-state index contributed by atoms with van der Waals surface area (Å²) in [6.07, 6.45) is 1.99. The van der Waals surface area contributed by atoms with Gasteiger partial charge in [-0.1, -0.05) is 11.6 Å². The van der Waals surface area contributed by atoms with Crippen molar-refractivity contribution in [1.29, 1.82) is 0 Å². The van der Waals surface area contributed by atoms with Crippen LogP contribution in [-0.2, 0) is 16.0 Å². The second kappa shape index (κ2) is 8.67. The summed E-state index contributed by atoms with van der Waals surface area (Å²) in [6, 6.07) is 10.7. The molecule has 28 heavy (non-hydrogen) atoms. The molecule has 8 heteroatoms. The van der Waals surface area contributed by atoms with Crippen molar-refractivity contribution in [1.82, 2.24) is 4.98 Å². The first-order chi connectivity index (χ1) is 13.4. The third kappa shape index (κ3) is 5.17. The molecule has 3 rings (SSSR count). The number of carbonyl (C=O) groups excluding carboxylic acids is 2. The summed E-state index contributed by atoms with van der Waals surface area (Å²) in [5.74, 6) is 0.118. The van der Waals surface area contributed by atoms with Gasteiger partial charge in [-0.15, -0.1) is 0 Å². The zero-order valence-corrected chi connectivity index (χ0v) is 15.7. The summed E-state index contributed by atoms with van der Waals surface area (Å²) < 4.78 is 18.6. The molecule has 0 spiro atoms. The Balaban J connectivity index is 1.56. The number of rotatable bonds is 6. The Kier molecular flexibility index (Phi) is 6.06. The molecule has 0 saturated carbocycles. The molecule has 0 aliphatic carbocycles. The smallest absolute Gasteiger partial charge is 0.224 e. The minimum absolute atomic E-state index is 0.146. The van der Waals surface area contributed by atoms with Crippen LogP contribution in [0.3, 0.4) is 0 Å². The summed E-state index contributed by atoms with van der Waals surface area (Å²) in [6.45, 7) is 1.40. The van der Waals surface area contributed by atoms with Gasteiger partial charge in [0.15, 0.2) is 11.7 Å². The number of aromatic nitrogens is 1. The highest BCUT2D eigenvalue weighted by Crippen LogP contribution is 2.26. The van der Waals surface area contributed by atoms with Crippen LogP contribution in [0.1, 0.15) is 19.2 Å². The standard InChI is InChI=1S/C20H17ClFN3O3/c1-12(26)24-15-6-7-17(16(21)10-15)25-19(27)8-9-20-23-11-18(28-20)13-2-4-14(22)5-3-13/h2-7,10-11H,8-9H2,1H3,(H,24,26)(H,25,27). The van der Waals surface area contributed by atoms with Crippen LogP contribution in [-0.4, -0.2) is 16.8 Å². The van der Waals surface area contributed by atoms with Gasteiger partial charge in [-0.2, -0.15) is 0 Å². The molecule has 1 heterocycles. The predicted molar refractivity (Wildman–Crippen MR) is 105 cm³/mol. The largest absolute Gasteiger partial charge is 0.441 e. The lowest BCUT2D eigenvalue weighted by atomic mass is 10.2. The molecule has 0 aliphatic heterocycles. The van der Waals surface area contributed by atoms with Gasteiger partial charge in [-0.25, -0.2) is 9.37 Å². The van der Waals surface area contributed by atoms with E-state index in [1.807, 2.05) is 0 Å². The van der Waals surface area contributed by atoms with Crippen LogP contribution in [0.25, 0.3) is 11.3 Å². The number of hydrogen-bond donors (Lipinski definition) is 2. The third-order valence-corrected chi connectivity index (χ3v) is 4.12. The van der Waals surface area contributed by atoms with Gasteiger partial charge in [0.2, 0.25) is 11.8 Å². The van der Waals surface area contributed by atoms with E-state index in [1.54, 1.807) is 30.3 Å². The Labute approximate surface area is 165 Å². The maximum atomic E-state index is 13.0. The molecule has 2 aromatic carbocycles. The first-order valence-corrected chi connectivity index (χ1v) is 8.86. The molecule has 0 aliphatic rings. The molecule has 144 valence electrons. The Morgan fingerprint density at radius 2 is 1.89 bits per heavy atom. The lowest BCUT2D eigenvalue weighted by Crippen LogP contribution is -2.13. The van der Waals surface area contributed by atoms with Gasteiger partial charge in [-0.3, -0.25) is 9.59 Å². The lowest BCUT2D eigenvalue weighted by molar-refractivity contribution is -0.116. The Bertz CT molecular complexity index is 1000. The number of carbonyl (C=O) groups is 2. The van der Waals surface area contributed by atoms with E-state index in [1.165, 1.54) is 25.3 Å². The van der Waals surface area contributed by atoms with Gasteiger partial charge in [0.1, 0.15) is 5.82 Å². The summed E-state index contributed by atoms with van der Waals surface area (Å²) in [4.78, 5) is 27.4. The van der Waals surface area contributed by atoms with Crippen LogP contribution in [0, 0.1) is 5.82 Å². The summed E-state index contributed by atoms with van der Waals surface area (Å²) >= 11 is 6.13. The maximum Gasteiger partial charge on any atom is 0.224 e. The van der Waals surface area contributed by atoms with Gasteiger partial charge < -0.3 is 15.1 Å². The topological polar surface area (TPSA) is 84.2 Å². The van der Waals surface area contributed by atoms with Crippen molar-refractivity contribution < 1.29 is 18.4 Å². The van der Waals surface area contributed by atoms with E-state index in [0.717, 1.165) is 0 Å². The second-order valence-electron chi connectivity index (χ2n) is 6.05. The molecular weight excluding hydrogens is 385 g/mol. The van der Waals surface area contributed by atoms with Gasteiger partial charge in [-0.05, 0) is 42.5 Å². The normalized spacial score (nSPS) is 10.5. The van der Waals surface area contributed by atoms with Crippen LogP contribution in [0.4, 0.5) is 15.8 Å². The molecule has 0 bridgehead atoms. The van der Waals surface area contributed by atoms with Crippen LogP contribution >= 0.6 is 11.6 Å². The number of nitrogens with zero attached hydrogens (tertiary/aromatic N) is 1. The first-order valence-electron chi connectivity index (χ1n) is 8.48. The fourth-order valence-electron chi connectivity index (χ4n) is 2.50. The number of hydrogen-bond acceptors (Lipinski definition) is 4. The van der Waals surface area contributed by atoms with Crippen LogP contribution in [0.5, 0.6) is 0 Å². The van der Waals surface area contributed by atoms with E-state index in [4.69, 9.17) is 16.0 Å². The summed E-state index contributed by atoms with van der Waals surface area (Å²) in [7, 11) is 0. The highest BCUT2D eigenvalue weighted by Gasteiger charge is 2.11. The van der Waals surface area contributed by atoms with Gasteiger partial charge in [0.25, 0.3) is 0 Å². The van der Waals surface area contributed by atoms with Crippen molar-refractivity contribution in [2.24, 2.45) is 0 Å². The number of halogens is 2. The Hall–Kier alpha value is -3.19. The molecule has 1 aromatic heterocycles. The second-order valence-corrected chi connectivity index (χ2v) is 6.46. The highest BCUT2D eigenvalue weighted by atomic mass is 35.5. The minimum atomic E-state index is -0.330. The molecular formula is C20H17ClFN3O3. The average molecular weight is 402 g/mol. The third-order valence-electron chi connectivity index (χ3n) is 3.81. The van der Waals surface area contributed by atoms with Gasteiger partial charge >= 0.3 is 0 Å². The molecule has 0 radical (unpaired) electrons. The molecule has 2 N–H and O–H groups in total. The van der Waals surface area contributed by atoms with E-state index >= 15 is 0 Å². The number of benzene rings is 2. The quantitative estimate of drug-likeness (QED) is 0.629. The summed E-state index contributed by atoms with van der Waals surface area (Å²) in [5, 5.41) is 5.64. The van der Waals surface area contributed by atoms with Crippen molar-refractivity contribution in [2.45, 2.75) is 19.8 Å². The molecule has 6 nitrogen and oxygen atoms in total. The van der Waals surface area contributed by atoms with Gasteiger partial charge in [0, 0.05) is 31.0 Å². The van der Waals surface area contributed by atoms with Crippen molar-refractivity contribution >= 4 is 34.8 Å². The number of aryl methyl sites for hydroxylation is 1. The highest BCUT2D eigenvalue weighted by molar-refractivity contribution is 6.34. The zero-order valence-electron chi connectivity index (χ0n) is 15.0. The average Bonchev–Trinajstić information content (AvgIpc) is 3.11. The van der Waals surface area contributed by atoms with Crippen molar-refractivity contribution in [3.63, 3.8) is 0 Å². The number of oxazole rings is 1. The van der Waals surface area contributed by atoms with Crippen molar-refractivity contribution in [3.05, 3.63) is 65.4 Å². The minimum Gasteiger partial charge on any atom is -0.441 e. The van der Waals surface area contributed by atoms with Crippen molar-refractivity contribution in [3.8, 4) is 11.3 Å². The Morgan fingerprint density at radius 1 is 1.14 bits per heavy atom.